The molecule has 0 spiro atoms. The fraction of sp³-hybridized carbons (Fsp3) is 0.350. The van der Waals surface area contributed by atoms with E-state index in [1.54, 1.807) is 22.1 Å². The summed E-state index contributed by atoms with van der Waals surface area (Å²) < 4.78 is 2.03. The Bertz CT molecular complexity index is 1150. The van der Waals surface area contributed by atoms with Gasteiger partial charge in [0.2, 0.25) is 5.95 Å². The van der Waals surface area contributed by atoms with Crippen LogP contribution in [0.1, 0.15) is 35.8 Å². The Morgan fingerprint density at radius 1 is 1.41 bits per heavy atom. The van der Waals surface area contributed by atoms with Gasteiger partial charge in [-0.25, -0.2) is 4.98 Å². The van der Waals surface area contributed by atoms with Crippen molar-refractivity contribution in [2.24, 2.45) is 11.5 Å². The van der Waals surface area contributed by atoms with E-state index in [2.05, 4.69) is 6.07 Å². The maximum Gasteiger partial charge on any atom is 0.273 e. The van der Waals surface area contributed by atoms with Crippen molar-refractivity contribution in [2.45, 2.75) is 31.7 Å². The van der Waals surface area contributed by atoms with Crippen molar-refractivity contribution >= 4 is 27.5 Å². The second kappa shape index (κ2) is 7.93. The number of fused-ring (bicyclic) bond motifs is 1. The molecule has 2 aromatic heterocycles. The van der Waals surface area contributed by atoms with Gasteiger partial charge >= 0.3 is 0 Å². The highest BCUT2D eigenvalue weighted by Gasteiger charge is 2.25. The number of nitrogens with two attached hydrogens (primary N) is 2. The lowest BCUT2D eigenvalue weighted by Crippen LogP contribution is -2.45. The lowest BCUT2D eigenvalue weighted by atomic mass is 10.1. The molecule has 0 saturated carbocycles. The first-order valence-corrected chi connectivity index (χ1v) is 10.3. The van der Waals surface area contributed by atoms with E-state index in [0.29, 0.717) is 33.8 Å². The molecule has 5 N–H and O–H groups in total. The topological polar surface area (TPSA) is 134 Å². The molecule has 150 valence electrons. The molecule has 1 unspecified atom stereocenters. The van der Waals surface area contributed by atoms with E-state index in [9.17, 15) is 15.2 Å². The van der Waals surface area contributed by atoms with Crippen LogP contribution in [0.25, 0.3) is 10.2 Å². The van der Waals surface area contributed by atoms with Crippen LogP contribution in [0.3, 0.4) is 0 Å². The Balaban J connectivity index is 1.91. The number of nitrogens with zero attached hydrogens (tertiary/aromatic N) is 4. The molecule has 1 aliphatic rings. The van der Waals surface area contributed by atoms with Crippen LogP contribution in [0.4, 0.5) is 5.95 Å². The van der Waals surface area contributed by atoms with Crippen molar-refractivity contribution in [3.63, 3.8) is 0 Å². The van der Waals surface area contributed by atoms with E-state index in [-0.39, 0.29) is 18.1 Å². The van der Waals surface area contributed by atoms with Gasteiger partial charge in [0.05, 0.1) is 23.7 Å². The highest BCUT2D eigenvalue weighted by atomic mass is 32.1. The molecule has 2 atom stereocenters. The first-order chi connectivity index (χ1) is 14.0. The van der Waals surface area contributed by atoms with Gasteiger partial charge < -0.3 is 21.5 Å². The van der Waals surface area contributed by atoms with E-state index in [1.165, 1.54) is 11.3 Å². The van der Waals surface area contributed by atoms with Gasteiger partial charge in [0.1, 0.15) is 10.9 Å². The normalized spacial score (nSPS) is 18.0. The highest BCUT2D eigenvalue weighted by Crippen LogP contribution is 2.28. The third kappa shape index (κ3) is 3.63. The number of rotatable bonds is 4. The molecule has 3 aromatic rings. The van der Waals surface area contributed by atoms with Gasteiger partial charge in [0, 0.05) is 30.1 Å². The molecule has 1 aliphatic heterocycles. The first-order valence-electron chi connectivity index (χ1n) is 9.43. The number of anilines is 1. The number of hydrogen-bond acceptors (Lipinski definition) is 8. The van der Waals surface area contributed by atoms with Crippen molar-refractivity contribution in [2.75, 3.05) is 18.0 Å². The quantitative estimate of drug-likeness (QED) is 0.551. The van der Waals surface area contributed by atoms with Crippen LogP contribution in [0.2, 0.25) is 0 Å². The van der Waals surface area contributed by atoms with E-state index in [0.717, 1.165) is 24.9 Å². The number of aliphatic hydroxyl groups is 1. The average Bonchev–Trinajstić information content (AvgIpc) is 3.15. The molecule has 0 aliphatic carbocycles. The smallest absolute Gasteiger partial charge is 0.273 e. The number of piperidine rings is 1. The van der Waals surface area contributed by atoms with Gasteiger partial charge in [-0.05, 0) is 24.5 Å². The highest BCUT2D eigenvalue weighted by molar-refractivity contribution is 7.17. The predicted molar refractivity (Wildman–Crippen MR) is 113 cm³/mol. The fourth-order valence-corrected chi connectivity index (χ4v) is 4.71. The Morgan fingerprint density at radius 2 is 2.21 bits per heavy atom. The molecule has 0 bridgehead atoms. The molecule has 1 aromatic carbocycles. The van der Waals surface area contributed by atoms with Crippen molar-refractivity contribution in [1.82, 2.24) is 9.55 Å². The zero-order valence-electron chi connectivity index (χ0n) is 15.8. The van der Waals surface area contributed by atoms with Gasteiger partial charge in [-0.1, -0.05) is 18.2 Å². The van der Waals surface area contributed by atoms with Gasteiger partial charge in [-0.3, -0.25) is 9.36 Å². The predicted octanol–water partition coefficient (Wildman–Crippen LogP) is 1.26. The molecule has 29 heavy (non-hydrogen) atoms. The second-order valence-electron chi connectivity index (χ2n) is 7.23. The van der Waals surface area contributed by atoms with Crippen LogP contribution in [-0.4, -0.2) is 33.8 Å². The lowest BCUT2D eigenvalue weighted by molar-refractivity contribution is 0.188. The molecule has 1 fully saturated rings. The maximum atomic E-state index is 13.4. The van der Waals surface area contributed by atoms with Crippen LogP contribution in [-0.2, 0) is 6.54 Å². The van der Waals surface area contributed by atoms with Crippen LogP contribution >= 0.6 is 11.3 Å². The monoisotopic (exact) mass is 410 g/mol. The minimum Gasteiger partial charge on any atom is -0.374 e. The van der Waals surface area contributed by atoms with Crippen molar-refractivity contribution in [3.8, 4) is 6.07 Å². The van der Waals surface area contributed by atoms with Crippen LogP contribution in [0.5, 0.6) is 0 Å². The number of aliphatic hydroxyl groups excluding tert-OH is 1. The van der Waals surface area contributed by atoms with Crippen molar-refractivity contribution < 1.29 is 5.11 Å². The molecule has 4 rings (SSSR count). The SMILES string of the molecule is N#Cc1ccccc1Cn1c(N2CCC[C@@H](N)C2)nc2c(C(N)O)csc2c1=O. The Labute approximate surface area is 171 Å². The molecular formula is C20H22N6O2S. The van der Waals surface area contributed by atoms with Gasteiger partial charge in [-0.15, -0.1) is 11.3 Å². The van der Waals surface area contributed by atoms with E-state index in [1.807, 2.05) is 17.0 Å². The zero-order valence-corrected chi connectivity index (χ0v) is 16.6. The summed E-state index contributed by atoms with van der Waals surface area (Å²) in [7, 11) is 0. The minimum absolute atomic E-state index is 0.00163. The summed E-state index contributed by atoms with van der Waals surface area (Å²) in [6.45, 7) is 1.55. The van der Waals surface area contributed by atoms with Crippen LogP contribution in [0.15, 0.2) is 34.4 Å². The number of benzene rings is 1. The van der Waals surface area contributed by atoms with Gasteiger partial charge in [0.25, 0.3) is 5.56 Å². The standard InChI is InChI=1S/C20H22N6O2S/c21-8-12-4-1-2-5-13(12)9-26-19(28)17-16(15(11-29-17)18(23)27)24-20(26)25-7-3-6-14(22)10-25/h1-2,4-5,11,14,18,27H,3,6-7,9-10,22-23H2/t14-,18?/m1/s1. The number of hydrogen-bond donors (Lipinski definition) is 3. The van der Waals surface area contributed by atoms with E-state index in [4.69, 9.17) is 16.5 Å². The first kappa shape index (κ1) is 19.5. The van der Waals surface area contributed by atoms with Crippen molar-refractivity contribution in [3.05, 3.63) is 56.7 Å². The van der Waals surface area contributed by atoms with Crippen LogP contribution < -0.4 is 21.9 Å². The van der Waals surface area contributed by atoms with E-state index < -0.39 is 6.23 Å². The third-order valence-corrected chi connectivity index (χ3v) is 6.19. The summed E-state index contributed by atoms with van der Waals surface area (Å²) >= 11 is 1.22. The molecule has 0 radical (unpaired) electrons. The number of thiophene rings is 1. The lowest BCUT2D eigenvalue weighted by Gasteiger charge is -2.33. The summed E-state index contributed by atoms with van der Waals surface area (Å²) in [5.41, 5.74) is 13.7. The summed E-state index contributed by atoms with van der Waals surface area (Å²) in [6.07, 6.45) is 0.618. The summed E-state index contributed by atoms with van der Waals surface area (Å²) in [5.74, 6) is 0.491. The average molecular weight is 411 g/mol. The molecule has 0 amide bonds. The van der Waals surface area contributed by atoms with Crippen LogP contribution in [0, 0.1) is 11.3 Å². The molecule has 1 saturated heterocycles. The molecule has 8 nitrogen and oxygen atoms in total. The Kier molecular flexibility index (Phi) is 5.34. The van der Waals surface area contributed by atoms with Gasteiger partial charge in [0.15, 0.2) is 0 Å². The maximum absolute atomic E-state index is 13.4. The zero-order chi connectivity index (χ0) is 20.5. The summed E-state index contributed by atoms with van der Waals surface area (Å²) in [5, 5.41) is 21.0. The number of aromatic nitrogens is 2. The summed E-state index contributed by atoms with van der Waals surface area (Å²) in [6, 6.07) is 9.39. The number of nitriles is 1. The van der Waals surface area contributed by atoms with Crippen molar-refractivity contribution in [1.29, 1.82) is 5.26 Å². The molecule has 9 heteroatoms. The third-order valence-electron chi connectivity index (χ3n) is 5.21. The second-order valence-corrected chi connectivity index (χ2v) is 8.11. The van der Waals surface area contributed by atoms with E-state index >= 15 is 0 Å². The Morgan fingerprint density at radius 3 is 2.93 bits per heavy atom. The van der Waals surface area contributed by atoms with Gasteiger partial charge in [-0.2, -0.15) is 5.26 Å². The minimum atomic E-state index is -1.21. The summed E-state index contributed by atoms with van der Waals surface area (Å²) in [4.78, 5) is 20.1. The fourth-order valence-electron chi connectivity index (χ4n) is 3.73. The Hall–Kier alpha value is -2.77. The largest absolute Gasteiger partial charge is 0.374 e. The molecular weight excluding hydrogens is 388 g/mol. The molecule has 3 heterocycles.